The van der Waals surface area contributed by atoms with Crippen LogP contribution in [0.2, 0.25) is 0 Å². The number of para-hydroxylation sites is 2. The van der Waals surface area contributed by atoms with Gasteiger partial charge in [0, 0.05) is 36.6 Å². The fourth-order valence-corrected chi connectivity index (χ4v) is 4.76. The van der Waals surface area contributed by atoms with Crippen molar-refractivity contribution in [2.45, 2.75) is 71.0 Å². The largest absolute Gasteiger partial charge is 0.305 e. The maximum absolute atomic E-state index is 13.2. The third-order valence-corrected chi connectivity index (χ3v) is 6.46. The Bertz CT molecular complexity index is 1020. The highest BCUT2D eigenvalue weighted by molar-refractivity contribution is 5.77. The molecule has 0 radical (unpaired) electrons. The molecule has 2 atom stereocenters. The number of unbranched alkanes of at least 4 members (excludes halogenated alkanes) is 2. The number of rotatable bonds is 7. The van der Waals surface area contributed by atoms with Crippen molar-refractivity contribution in [1.29, 1.82) is 0 Å². The molecule has 158 valence electrons. The molecule has 5 nitrogen and oxygen atoms in total. The van der Waals surface area contributed by atoms with E-state index in [0.717, 1.165) is 42.5 Å². The number of aryl methyl sites for hydroxylation is 1. The van der Waals surface area contributed by atoms with Gasteiger partial charge in [0.1, 0.15) is 5.69 Å². The highest BCUT2D eigenvalue weighted by Crippen LogP contribution is 2.23. The quantitative estimate of drug-likeness (QED) is 0.526. The van der Waals surface area contributed by atoms with Crippen LogP contribution < -0.4 is 5.56 Å². The van der Waals surface area contributed by atoms with Crippen molar-refractivity contribution in [3.8, 4) is 11.3 Å². The number of fused-ring (bicyclic) bond motifs is 1. The Balaban J connectivity index is 1.47. The van der Waals surface area contributed by atoms with Crippen LogP contribution in [0.25, 0.3) is 22.3 Å². The van der Waals surface area contributed by atoms with Gasteiger partial charge in [-0.05, 0) is 70.3 Å². The van der Waals surface area contributed by atoms with Crippen molar-refractivity contribution in [3.05, 3.63) is 59.1 Å². The summed E-state index contributed by atoms with van der Waals surface area (Å²) >= 11 is 0. The van der Waals surface area contributed by atoms with Gasteiger partial charge in [-0.2, -0.15) is 0 Å². The topological polar surface area (TPSA) is 51.0 Å². The fraction of sp³-hybridized carbons (Fsp3) is 0.480. The van der Waals surface area contributed by atoms with E-state index in [9.17, 15) is 4.79 Å². The number of aromatic nitrogens is 3. The average molecular weight is 405 g/mol. The molecule has 0 N–H and O–H groups in total. The Kier molecular flexibility index (Phi) is 6.58. The van der Waals surface area contributed by atoms with E-state index >= 15 is 0 Å². The van der Waals surface area contributed by atoms with Crippen LogP contribution in [0.5, 0.6) is 0 Å². The normalized spacial score (nSPS) is 19.9. The zero-order chi connectivity index (χ0) is 20.9. The average Bonchev–Trinajstić information content (AvgIpc) is 2.77. The van der Waals surface area contributed by atoms with Crippen LogP contribution >= 0.6 is 0 Å². The number of pyridine rings is 1. The van der Waals surface area contributed by atoms with E-state index in [0.29, 0.717) is 17.8 Å². The number of hydrogen-bond acceptors (Lipinski definition) is 4. The minimum absolute atomic E-state index is 0.0278. The first-order valence-electron chi connectivity index (χ1n) is 11.3. The summed E-state index contributed by atoms with van der Waals surface area (Å²) in [5, 5.41) is 0. The third kappa shape index (κ3) is 4.46. The first-order chi connectivity index (χ1) is 14.6. The first kappa shape index (κ1) is 20.7. The molecule has 2 aromatic heterocycles. The summed E-state index contributed by atoms with van der Waals surface area (Å²) in [5.41, 5.74) is 2.99. The lowest BCUT2D eigenvalue weighted by atomic mass is 9.97. The predicted molar refractivity (Wildman–Crippen MR) is 123 cm³/mol. The lowest BCUT2D eigenvalue weighted by molar-refractivity contribution is 0.101. The number of benzene rings is 1. The van der Waals surface area contributed by atoms with E-state index in [1.807, 2.05) is 41.0 Å². The van der Waals surface area contributed by atoms with Crippen LogP contribution in [-0.2, 0) is 6.54 Å². The molecule has 4 rings (SSSR count). The Labute approximate surface area is 178 Å². The van der Waals surface area contributed by atoms with Crippen molar-refractivity contribution in [1.82, 2.24) is 19.4 Å². The molecule has 1 aliphatic rings. The first-order valence-corrected chi connectivity index (χ1v) is 11.3. The van der Waals surface area contributed by atoms with Crippen LogP contribution in [0.1, 0.15) is 52.4 Å². The van der Waals surface area contributed by atoms with Crippen LogP contribution in [0.4, 0.5) is 0 Å². The second-order valence-electron chi connectivity index (χ2n) is 8.58. The summed E-state index contributed by atoms with van der Waals surface area (Å²) in [5.74, 6) is 0. The number of hydrogen-bond donors (Lipinski definition) is 0. The lowest BCUT2D eigenvalue weighted by Gasteiger charge is -2.39. The van der Waals surface area contributed by atoms with Crippen LogP contribution in [0.3, 0.4) is 0 Å². The Morgan fingerprint density at radius 1 is 0.967 bits per heavy atom. The number of nitrogens with zero attached hydrogens (tertiary/aromatic N) is 4. The molecular weight excluding hydrogens is 372 g/mol. The molecule has 0 spiro atoms. The van der Waals surface area contributed by atoms with E-state index in [2.05, 4.69) is 28.7 Å². The van der Waals surface area contributed by atoms with Gasteiger partial charge in [0.2, 0.25) is 0 Å². The summed E-state index contributed by atoms with van der Waals surface area (Å²) in [4.78, 5) is 24.7. The van der Waals surface area contributed by atoms with Gasteiger partial charge in [0.15, 0.2) is 0 Å². The molecule has 3 heterocycles. The molecule has 0 amide bonds. The van der Waals surface area contributed by atoms with Crippen molar-refractivity contribution < 1.29 is 0 Å². The molecule has 30 heavy (non-hydrogen) atoms. The molecule has 0 aliphatic carbocycles. The van der Waals surface area contributed by atoms with E-state index < -0.39 is 0 Å². The molecule has 5 heteroatoms. The monoisotopic (exact) mass is 404 g/mol. The fourth-order valence-electron chi connectivity index (χ4n) is 4.76. The lowest BCUT2D eigenvalue weighted by Crippen LogP contribution is -2.44. The zero-order valence-electron chi connectivity index (χ0n) is 18.1. The van der Waals surface area contributed by atoms with Crippen LogP contribution in [-0.4, -0.2) is 38.1 Å². The second-order valence-corrected chi connectivity index (χ2v) is 8.58. The predicted octanol–water partition coefficient (Wildman–Crippen LogP) is 4.89. The maximum atomic E-state index is 13.2. The Hall–Kier alpha value is -2.53. The highest BCUT2D eigenvalue weighted by Gasteiger charge is 2.23. The minimum atomic E-state index is -0.0278. The molecule has 3 aromatic rings. The van der Waals surface area contributed by atoms with Gasteiger partial charge >= 0.3 is 0 Å². The number of piperidine rings is 1. The highest BCUT2D eigenvalue weighted by atomic mass is 16.1. The van der Waals surface area contributed by atoms with Gasteiger partial charge in [-0.15, -0.1) is 0 Å². The molecule has 0 unspecified atom stereocenters. The Morgan fingerprint density at radius 2 is 1.73 bits per heavy atom. The number of likely N-dealkylation sites (tertiary alicyclic amines) is 1. The molecule has 0 bridgehead atoms. The molecule has 1 fully saturated rings. The molecular formula is C25H32N4O. The van der Waals surface area contributed by atoms with Crippen LogP contribution in [0, 0.1) is 0 Å². The van der Waals surface area contributed by atoms with E-state index in [1.54, 1.807) is 12.4 Å². The van der Waals surface area contributed by atoms with E-state index in [1.165, 1.54) is 25.7 Å². The summed E-state index contributed by atoms with van der Waals surface area (Å²) in [7, 11) is 0. The van der Waals surface area contributed by atoms with Gasteiger partial charge in [0.05, 0.1) is 11.0 Å². The van der Waals surface area contributed by atoms with Crippen molar-refractivity contribution in [3.63, 3.8) is 0 Å². The summed E-state index contributed by atoms with van der Waals surface area (Å²) in [6.07, 6.45) is 10.7. The zero-order valence-corrected chi connectivity index (χ0v) is 18.1. The Morgan fingerprint density at radius 3 is 2.50 bits per heavy atom. The summed E-state index contributed by atoms with van der Waals surface area (Å²) in [6.45, 7) is 6.60. The van der Waals surface area contributed by atoms with E-state index in [-0.39, 0.29) is 5.56 Å². The smallest absolute Gasteiger partial charge is 0.277 e. The molecule has 1 saturated heterocycles. The van der Waals surface area contributed by atoms with Gasteiger partial charge in [0.25, 0.3) is 5.56 Å². The standard InChI is InChI=1S/C25H32N4O/c1-19-10-8-11-20(2)28(19)16-6-3-7-17-29-23-14-5-4-13-22(23)27-24(25(29)30)21-12-9-15-26-18-21/h4-5,9,12-15,18-20H,3,6-8,10-11,16-17H2,1-2H3/t19-,20+. The van der Waals surface area contributed by atoms with Crippen molar-refractivity contribution in [2.75, 3.05) is 6.54 Å². The summed E-state index contributed by atoms with van der Waals surface area (Å²) in [6, 6.07) is 13.1. The summed E-state index contributed by atoms with van der Waals surface area (Å²) < 4.78 is 1.90. The van der Waals surface area contributed by atoms with Gasteiger partial charge in [-0.1, -0.05) is 25.0 Å². The molecule has 0 saturated carbocycles. The van der Waals surface area contributed by atoms with Crippen molar-refractivity contribution >= 4 is 11.0 Å². The molecule has 1 aromatic carbocycles. The van der Waals surface area contributed by atoms with Gasteiger partial charge in [-0.25, -0.2) is 4.98 Å². The van der Waals surface area contributed by atoms with Crippen LogP contribution in [0.15, 0.2) is 53.6 Å². The van der Waals surface area contributed by atoms with Gasteiger partial charge < -0.3 is 4.57 Å². The van der Waals surface area contributed by atoms with Crippen molar-refractivity contribution in [2.24, 2.45) is 0 Å². The second kappa shape index (κ2) is 9.52. The van der Waals surface area contributed by atoms with E-state index in [4.69, 9.17) is 0 Å². The third-order valence-electron chi connectivity index (χ3n) is 6.46. The van der Waals surface area contributed by atoms with Gasteiger partial charge in [-0.3, -0.25) is 14.7 Å². The molecule has 1 aliphatic heterocycles. The SMILES string of the molecule is C[C@@H]1CCC[C@H](C)N1CCCCCn1c(=O)c(-c2cccnc2)nc2ccccc21. The maximum Gasteiger partial charge on any atom is 0.277 e. The minimum Gasteiger partial charge on any atom is -0.305 e.